The molecule has 1 heterocycles. The summed E-state index contributed by atoms with van der Waals surface area (Å²) in [5, 5.41) is 12.3. The minimum Gasteiger partial charge on any atom is -0.452 e. The van der Waals surface area contributed by atoms with Crippen LogP contribution in [0.1, 0.15) is 24.3 Å². The van der Waals surface area contributed by atoms with E-state index in [1.54, 1.807) is 6.07 Å². The molecule has 0 amide bonds. The van der Waals surface area contributed by atoms with E-state index in [2.05, 4.69) is 43.2 Å². The predicted molar refractivity (Wildman–Crippen MR) is 77.3 cm³/mol. The van der Waals surface area contributed by atoms with Gasteiger partial charge in [-0.15, -0.1) is 0 Å². The van der Waals surface area contributed by atoms with Gasteiger partial charge in [-0.25, -0.2) is 0 Å². The molecule has 0 aliphatic rings. The Labute approximate surface area is 122 Å². The van der Waals surface area contributed by atoms with Gasteiger partial charge in [-0.2, -0.15) is 5.26 Å². The van der Waals surface area contributed by atoms with Crippen molar-refractivity contribution in [1.29, 1.82) is 5.26 Å². The Balaban J connectivity index is 2.24. The summed E-state index contributed by atoms with van der Waals surface area (Å²) in [6.07, 6.45) is 0. The zero-order chi connectivity index (χ0) is 13.1. The van der Waals surface area contributed by atoms with Crippen LogP contribution in [0.4, 0.5) is 5.69 Å². The van der Waals surface area contributed by atoms with Crippen LogP contribution >= 0.6 is 31.9 Å². The van der Waals surface area contributed by atoms with E-state index in [1.807, 2.05) is 31.2 Å². The van der Waals surface area contributed by atoms with Gasteiger partial charge in [-0.3, -0.25) is 0 Å². The van der Waals surface area contributed by atoms with E-state index in [0.717, 1.165) is 15.9 Å². The summed E-state index contributed by atoms with van der Waals surface area (Å²) in [7, 11) is 0. The maximum atomic E-state index is 9.06. The number of nitriles is 1. The van der Waals surface area contributed by atoms with Crippen molar-refractivity contribution in [3.05, 3.63) is 50.8 Å². The van der Waals surface area contributed by atoms with E-state index >= 15 is 0 Å². The lowest BCUT2D eigenvalue weighted by atomic mass is 10.1. The summed E-state index contributed by atoms with van der Waals surface area (Å²) in [4.78, 5) is 0. The van der Waals surface area contributed by atoms with E-state index in [9.17, 15) is 0 Å². The van der Waals surface area contributed by atoms with Crippen molar-refractivity contribution in [2.75, 3.05) is 5.32 Å². The van der Waals surface area contributed by atoms with Gasteiger partial charge < -0.3 is 9.73 Å². The number of anilines is 1. The first kappa shape index (κ1) is 13.2. The highest BCUT2D eigenvalue weighted by Gasteiger charge is 2.12. The smallest absolute Gasteiger partial charge is 0.169 e. The van der Waals surface area contributed by atoms with Crippen LogP contribution in [0.2, 0.25) is 0 Å². The van der Waals surface area contributed by atoms with Crippen molar-refractivity contribution in [3.63, 3.8) is 0 Å². The molecule has 18 heavy (non-hydrogen) atoms. The normalized spacial score (nSPS) is 11.9. The largest absolute Gasteiger partial charge is 0.452 e. The minimum atomic E-state index is -0.0160. The Morgan fingerprint density at radius 3 is 2.67 bits per heavy atom. The highest BCUT2D eigenvalue weighted by Crippen LogP contribution is 2.27. The number of hydrogen-bond donors (Lipinski definition) is 1. The van der Waals surface area contributed by atoms with Crippen molar-refractivity contribution < 1.29 is 4.42 Å². The molecule has 0 fully saturated rings. The fourth-order valence-corrected chi connectivity index (χ4v) is 2.28. The van der Waals surface area contributed by atoms with Gasteiger partial charge in [0.25, 0.3) is 0 Å². The van der Waals surface area contributed by atoms with Gasteiger partial charge in [0, 0.05) is 4.47 Å². The summed E-state index contributed by atoms with van der Waals surface area (Å²) in [5.74, 6) is 0.811. The average molecular weight is 370 g/mol. The highest BCUT2D eigenvalue weighted by molar-refractivity contribution is 9.10. The highest BCUT2D eigenvalue weighted by atomic mass is 79.9. The fourth-order valence-electron chi connectivity index (χ4n) is 1.60. The van der Waals surface area contributed by atoms with Crippen molar-refractivity contribution in [3.8, 4) is 6.07 Å². The quantitative estimate of drug-likeness (QED) is 0.841. The Morgan fingerprint density at radius 2 is 2.06 bits per heavy atom. The Morgan fingerprint density at radius 1 is 1.28 bits per heavy atom. The van der Waals surface area contributed by atoms with E-state index in [-0.39, 0.29) is 6.04 Å². The lowest BCUT2D eigenvalue weighted by molar-refractivity contribution is 0.471. The molecule has 1 atom stereocenters. The SMILES string of the molecule is CC(Nc1cc(Br)ccc1C#N)c1ccc(Br)o1. The maximum Gasteiger partial charge on any atom is 0.169 e. The maximum absolute atomic E-state index is 9.06. The van der Waals surface area contributed by atoms with Crippen LogP contribution in [-0.2, 0) is 0 Å². The first-order valence-corrected chi connectivity index (χ1v) is 6.90. The van der Waals surface area contributed by atoms with Crippen LogP contribution in [-0.4, -0.2) is 0 Å². The zero-order valence-electron chi connectivity index (χ0n) is 9.58. The van der Waals surface area contributed by atoms with Gasteiger partial charge in [-0.1, -0.05) is 15.9 Å². The van der Waals surface area contributed by atoms with E-state index in [1.165, 1.54) is 0 Å². The predicted octanol–water partition coefficient (Wildman–Crippen LogP) is 4.85. The number of nitrogens with zero attached hydrogens (tertiary/aromatic N) is 1. The Bertz CT molecular complexity index is 601. The molecule has 1 N–H and O–H groups in total. The van der Waals surface area contributed by atoms with Gasteiger partial charge in [0.05, 0.1) is 17.3 Å². The molecular formula is C13H10Br2N2O. The van der Waals surface area contributed by atoms with Gasteiger partial charge >= 0.3 is 0 Å². The van der Waals surface area contributed by atoms with Crippen molar-refractivity contribution in [1.82, 2.24) is 0 Å². The molecule has 5 heteroatoms. The lowest BCUT2D eigenvalue weighted by Crippen LogP contribution is -2.06. The number of benzene rings is 1. The molecule has 0 aliphatic carbocycles. The third kappa shape index (κ3) is 2.95. The van der Waals surface area contributed by atoms with Crippen LogP contribution < -0.4 is 5.32 Å². The summed E-state index contributed by atoms with van der Waals surface area (Å²) in [5.41, 5.74) is 1.39. The monoisotopic (exact) mass is 368 g/mol. The molecule has 2 rings (SSSR count). The number of hydrogen-bond acceptors (Lipinski definition) is 3. The molecule has 0 aliphatic heterocycles. The average Bonchev–Trinajstić information content (AvgIpc) is 2.76. The second-order valence-corrected chi connectivity index (χ2v) is 5.51. The van der Waals surface area contributed by atoms with E-state index in [4.69, 9.17) is 9.68 Å². The molecule has 0 bridgehead atoms. The van der Waals surface area contributed by atoms with Crippen molar-refractivity contribution in [2.24, 2.45) is 0 Å². The molecule has 1 aromatic heterocycles. The van der Waals surface area contributed by atoms with Gasteiger partial charge in [-0.05, 0) is 53.2 Å². The molecule has 0 spiro atoms. The molecule has 3 nitrogen and oxygen atoms in total. The topological polar surface area (TPSA) is 49.0 Å². The van der Waals surface area contributed by atoms with Gasteiger partial charge in [0.1, 0.15) is 11.8 Å². The number of rotatable bonds is 3. The number of nitrogens with one attached hydrogen (secondary N) is 1. The number of furan rings is 1. The summed E-state index contributed by atoms with van der Waals surface area (Å²) < 4.78 is 7.10. The molecule has 0 radical (unpaired) electrons. The third-order valence-corrected chi connectivity index (χ3v) is 3.41. The number of halogens is 2. The molecule has 92 valence electrons. The van der Waals surface area contributed by atoms with E-state index < -0.39 is 0 Å². The summed E-state index contributed by atoms with van der Waals surface area (Å²) in [6.45, 7) is 1.98. The second-order valence-electron chi connectivity index (χ2n) is 3.81. The lowest BCUT2D eigenvalue weighted by Gasteiger charge is -2.14. The van der Waals surface area contributed by atoms with Gasteiger partial charge in [0.15, 0.2) is 4.67 Å². The summed E-state index contributed by atoms with van der Waals surface area (Å²) >= 11 is 6.67. The van der Waals surface area contributed by atoms with Crippen LogP contribution in [0.3, 0.4) is 0 Å². The van der Waals surface area contributed by atoms with Crippen molar-refractivity contribution >= 4 is 37.5 Å². The molecule has 0 saturated carbocycles. The zero-order valence-corrected chi connectivity index (χ0v) is 12.7. The van der Waals surface area contributed by atoms with E-state index in [0.29, 0.717) is 10.2 Å². The first-order chi connectivity index (χ1) is 8.60. The standard InChI is InChI=1S/C13H10Br2N2O/c1-8(12-4-5-13(15)18-12)17-11-6-10(14)3-2-9(11)7-16/h2-6,8,17H,1H3. The minimum absolute atomic E-state index is 0.0160. The molecule has 1 unspecified atom stereocenters. The van der Waals surface area contributed by atoms with Crippen LogP contribution in [0.15, 0.2) is 43.9 Å². The molecular weight excluding hydrogens is 360 g/mol. The molecule has 1 aromatic carbocycles. The van der Waals surface area contributed by atoms with Crippen LogP contribution in [0, 0.1) is 11.3 Å². The van der Waals surface area contributed by atoms with Crippen LogP contribution in [0.5, 0.6) is 0 Å². The Hall–Kier alpha value is -1.25. The van der Waals surface area contributed by atoms with Crippen molar-refractivity contribution in [2.45, 2.75) is 13.0 Å². The Kier molecular flexibility index (Phi) is 4.10. The van der Waals surface area contributed by atoms with Gasteiger partial charge in [0.2, 0.25) is 0 Å². The molecule has 0 saturated heterocycles. The summed E-state index contributed by atoms with van der Waals surface area (Å²) in [6, 6.07) is 11.4. The third-order valence-electron chi connectivity index (χ3n) is 2.49. The molecule has 2 aromatic rings. The second kappa shape index (κ2) is 5.59. The van der Waals surface area contributed by atoms with Crippen LogP contribution in [0.25, 0.3) is 0 Å². The first-order valence-electron chi connectivity index (χ1n) is 5.31. The fraction of sp³-hybridized carbons (Fsp3) is 0.154.